The van der Waals surface area contributed by atoms with Crippen molar-refractivity contribution in [2.75, 3.05) is 0 Å². The number of carbonyl (C=O) groups excluding carboxylic acids is 1. The third-order valence-electron chi connectivity index (χ3n) is 3.28. The Morgan fingerprint density at radius 3 is 2.29 bits per heavy atom. The molecule has 0 heterocycles. The van der Waals surface area contributed by atoms with E-state index < -0.39 is 5.97 Å². The van der Waals surface area contributed by atoms with E-state index in [1.54, 1.807) is 0 Å². The Hall–Kier alpha value is -0.810. The number of hydrogen-bond donors (Lipinski definition) is 3. The molecular weight excluding hydrogens is 244 g/mol. The molecule has 0 radical (unpaired) electrons. The van der Waals surface area contributed by atoms with Crippen molar-refractivity contribution >= 4 is 11.9 Å². The van der Waals surface area contributed by atoms with Crippen LogP contribution in [0.15, 0.2) is 0 Å². The minimum atomic E-state index is -0.774. The Morgan fingerprint density at radius 1 is 1.35 bits per heavy atom. The number of amides is 1. The van der Waals surface area contributed by atoms with Crippen molar-refractivity contribution in [2.24, 2.45) is 5.92 Å². The Morgan fingerprint density at radius 2 is 1.88 bits per heavy atom. The van der Waals surface area contributed by atoms with Gasteiger partial charge in [-0.1, -0.05) is 0 Å². The molecule has 0 aliphatic heterocycles. The van der Waals surface area contributed by atoms with Crippen LogP contribution in [0.4, 0.5) is 0 Å². The van der Waals surface area contributed by atoms with E-state index in [1.165, 1.54) is 6.92 Å². The molecule has 0 saturated heterocycles. The lowest BCUT2D eigenvalue weighted by Crippen LogP contribution is -3.00. The van der Waals surface area contributed by atoms with Gasteiger partial charge < -0.3 is 28.6 Å². The zero-order valence-corrected chi connectivity index (χ0v) is 10.9. The predicted molar refractivity (Wildman–Crippen MR) is 58.5 cm³/mol. The summed E-state index contributed by atoms with van der Waals surface area (Å²) >= 11 is 0. The molecule has 1 unspecified atom stereocenters. The zero-order valence-electron chi connectivity index (χ0n) is 10.1. The summed E-state index contributed by atoms with van der Waals surface area (Å²) in [6, 6.07) is 0.265. The van der Waals surface area contributed by atoms with Crippen LogP contribution in [0.3, 0.4) is 0 Å². The molecule has 100 valence electrons. The van der Waals surface area contributed by atoms with E-state index in [0.717, 1.165) is 25.7 Å². The summed E-state index contributed by atoms with van der Waals surface area (Å²) in [7, 11) is 0. The van der Waals surface area contributed by atoms with Crippen molar-refractivity contribution in [1.82, 2.24) is 5.32 Å². The molecule has 6 heteroatoms. The SMILES string of the molecule is CC(=O)NC1CCC(C([NH3+])CC(=O)O)CC1.[Cl-]. The lowest BCUT2D eigenvalue weighted by Gasteiger charge is -2.30. The van der Waals surface area contributed by atoms with Crippen LogP contribution in [0.25, 0.3) is 0 Å². The summed E-state index contributed by atoms with van der Waals surface area (Å²) in [6.07, 6.45) is 3.96. The van der Waals surface area contributed by atoms with Gasteiger partial charge in [0.05, 0.1) is 12.5 Å². The van der Waals surface area contributed by atoms with Crippen LogP contribution in [0.1, 0.15) is 39.0 Å². The fourth-order valence-electron chi connectivity index (χ4n) is 2.41. The summed E-state index contributed by atoms with van der Waals surface area (Å²) in [4.78, 5) is 21.4. The van der Waals surface area contributed by atoms with Gasteiger partial charge in [0, 0.05) is 18.9 Å². The Bertz CT molecular complexity index is 265. The quantitative estimate of drug-likeness (QED) is 0.498. The van der Waals surface area contributed by atoms with Gasteiger partial charge in [0.15, 0.2) is 0 Å². The monoisotopic (exact) mass is 264 g/mol. The molecule has 1 amide bonds. The lowest BCUT2D eigenvalue weighted by molar-refractivity contribution is -0.434. The first-order valence-corrected chi connectivity index (χ1v) is 5.81. The van der Waals surface area contributed by atoms with Crippen LogP contribution < -0.4 is 23.5 Å². The van der Waals surface area contributed by atoms with Gasteiger partial charge in [0.2, 0.25) is 5.91 Å². The van der Waals surface area contributed by atoms with Crippen LogP contribution in [0.5, 0.6) is 0 Å². The standard InChI is InChI=1S/C11H20N2O3.ClH/c1-7(14)13-9-4-2-8(3-5-9)10(12)6-11(15)16;/h8-10H,2-6,12H2,1H3,(H,13,14)(H,15,16);1H. The second kappa shape index (κ2) is 7.50. The maximum atomic E-state index is 10.9. The maximum absolute atomic E-state index is 10.9. The number of halogens is 1. The highest BCUT2D eigenvalue weighted by Gasteiger charge is 2.29. The van der Waals surface area contributed by atoms with Gasteiger partial charge >= 0.3 is 5.97 Å². The Kier molecular flexibility index (Phi) is 7.15. The largest absolute Gasteiger partial charge is 1.00 e. The van der Waals surface area contributed by atoms with E-state index in [1.807, 2.05) is 0 Å². The lowest BCUT2D eigenvalue weighted by atomic mass is 9.81. The molecule has 1 fully saturated rings. The number of nitrogens with one attached hydrogen (secondary N) is 1. The van der Waals surface area contributed by atoms with Crippen LogP contribution in [0, 0.1) is 5.92 Å². The van der Waals surface area contributed by atoms with Crippen LogP contribution >= 0.6 is 0 Å². The van der Waals surface area contributed by atoms with Gasteiger partial charge in [-0.05, 0) is 25.7 Å². The van der Waals surface area contributed by atoms with Crippen molar-refractivity contribution in [3.05, 3.63) is 0 Å². The third-order valence-corrected chi connectivity index (χ3v) is 3.28. The minimum absolute atomic E-state index is 0. The van der Waals surface area contributed by atoms with Crippen LogP contribution in [0.2, 0.25) is 0 Å². The summed E-state index contributed by atoms with van der Waals surface area (Å²) in [6.45, 7) is 1.53. The highest BCUT2D eigenvalue weighted by molar-refractivity contribution is 5.73. The number of quaternary nitrogens is 1. The normalized spacial score (nSPS) is 25.5. The predicted octanol–water partition coefficient (Wildman–Crippen LogP) is -3.23. The first-order valence-electron chi connectivity index (χ1n) is 5.81. The molecule has 0 bridgehead atoms. The number of carboxylic acids is 1. The number of carbonyl (C=O) groups is 2. The second-order valence-corrected chi connectivity index (χ2v) is 4.67. The summed E-state index contributed by atoms with van der Waals surface area (Å²) < 4.78 is 0. The molecule has 0 aromatic rings. The van der Waals surface area contributed by atoms with Gasteiger partial charge in [-0.3, -0.25) is 9.59 Å². The van der Waals surface area contributed by atoms with Gasteiger partial charge in [0.25, 0.3) is 0 Å². The van der Waals surface area contributed by atoms with Gasteiger partial charge in [-0.25, -0.2) is 0 Å². The van der Waals surface area contributed by atoms with E-state index >= 15 is 0 Å². The smallest absolute Gasteiger partial charge is 0.309 e. The fourth-order valence-corrected chi connectivity index (χ4v) is 2.41. The van der Waals surface area contributed by atoms with E-state index in [-0.39, 0.29) is 36.8 Å². The summed E-state index contributed by atoms with van der Waals surface area (Å²) in [5.41, 5.74) is 3.92. The fraction of sp³-hybridized carbons (Fsp3) is 0.818. The molecule has 1 saturated carbocycles. The van der Waals surface area contributed by atoms with E-state index in [9.17, 15) is 9.59 Å². The van der Waals surface area contributed by atoms with E-state index in [0.29, 0.717) is 5.92 Å². The molecule has 5 nitrogen and oxygen atoms in total. The Balaban J connectivity index is 0.00000256. The minimum Gasteiger partial charge on any atom is -1.00 e. The molecule has 1 aliphatic rings. The summed E-state index contributed by atoms with van der Waals surface area (Å²) in [5.74, 6) is -0.370. The molecular formula is C11H21ClN2O3. The highest BCUT2D eigenvalue weighted by Crippen LogP contribution is 2.26. The number of carboxylic acid groups (broad SMARTS) is 1. The molecule has 0 aromatic heterocycles. The van der Waals surface area contributed by atoms with Gasteiger partial charge in [-0.2, -0.15) is 0 Å². The van der Waals surface area contributed by atoms with Gasteiger partial charge in [-0.15, -0.1) is 0 Å². The molecule has 0 aromatic carbocycles. The van der Waals surface area contributed by atoms with Crippen molar-refractivity contribution in [3.63, 3.8) is 0 Å². The topological polar surface area (TPSA) is 94.0 Å². The van der Waals surface area contributed by atoms with E-state index in [2.05, 4.69) is 11.1 Å². The molecule has 5 N–H and O–H groups in total. The second-order valence-electron chi connectivity index (χ2n) is 4.67. The molecule has 1 atom stereocenters. The molecule has 1 rings (SSSR count). The van der Waals surface area contributed by atoms with Crippen LogP contribution in [-0.4, -0.2) is 29.1 Å². The number of rotatable bonds is 4. The maximum Gasteiger partial charge on any atom is 0.309 e. The van der Waals surface area contributed by atoms with Crippen molar-refractivity contribution in [3.8, 4) is 0 Å². The molecule has 0 spiro atoms. The Labute approximate surface area is 108 Å². The summed E-state index contributed by atoms with van der Waals surface area (Å²) in [5, 5.41) is 11.6. The van der Waals surface area contributed by atoms with Crippen LogP contribution in [-0.2, 0) is 9.59 Å². The van der Waals surface area contributed by atoms with Crippen molar-refractivity contribution in [2.45, 2.75) is 51.1 Å². The number of aliphatic carboxylic acids is 1. The first-order chi connectivity index (χ1) is 7.49. The van der Waals surface area contributed by atoms with E-state index in [4.69, 9.17) is 5.11 Å². The highest BCUT2D eigenvalue weighted by atomic mass is 35.5. The molecule has 17 heavy (non-hydrogen) atoms. The van der Waals surface area contributed by atoms with Crippen molar-refractivity contribution < 1.29 is 32.8 Å². The zero-order chi connectivity index (χ0) is 12.1. The van der Waals surface area contributed by atoms with Gasteiger partial charge in [0.1, 0.15) is 0 Å². The van der Waals surface area contributed by atoms with Crippen molar-refractivity contribution in [1.29, 1.82) is 0 Å². The average molecular weight is 265 g/mol. The molecule has 1 aliphatic carbocycles. The first kappa shape index (κ1) is 16.2. The average Bonchev–Trinajstić information content (AvgIpc) is 2.16. The number of hydrogen-bond acceptors (Lipinski definition) is 2. The third kappa shape index (κ3) is 5.89.